The second-order valence-electron chi connectivity index (χ2n) is 3.53. The van der Waals surface area contributed by atoms with Crippen LogP contribution in [-0.4, -0.2) is 35.8 Å². The average molecular weight is 253 g/mol. The van der Waals surface area contributed by atoms with Crippen LogP contribution in [0.15, 0.2) is 6.07 Å². The number of primary amides is 1. The van der Waals surface area contributed by atoms with Crippen LogP contribution in [0.4, 0.5) is 16.4 Å². The summed E-state index contributed by atoms with van der Waals surface area (Å²) in [4.78, 5) is 19.0. The van der Waals surface area contributed by atoms with E-state index < -0.39 is 6.09 Å². The second-order valence-corrected chi connectivity index (χ2v) is 3.53. The Morgan fingerprint density at radius 1 is 1.33 bits per heavy atom. The summed E-state index contributed by atoms with van der Waals surface area (Å²) in [6.45, 7) is 5.45. The maximum Gasteiger partial charge on any atom is 0.404 e. The number of aromatic nitrogens is 2. The van der Waals surface area contributed by atoms with Crippen LogP contribution in [0, 0.1) is 0 Å². The van der Waals surface area contributed by atoms with Gasteiger partial charge in [0.2, 0.25) is 0 Å². The Labute approximate surface area is 106 Å². The number of hydrogen-bond donors (Lipinski definition) is 3. The molecule has 0 saturated heterocycles. The third kappa shape index (κ3) is 4.86. The molecule has 0 aliphatic carbocycles. The number of aryl methyl sites for hydroxylation is 1. The summed E-state index contributed by atoms with van der Waals surface area (Å²) >= 11 is 0. The van der Waals surface area contributed by atoms with Crippen molar-refractivity contribution in [1.29, 1.82) is 0 Å². The molecular formula is C11H19N5O2. The van der Waals surface area contributed by atoms with Gasteiger partial charge in [-0.25, -0.2) is 14.8 Å². The standard InChI is InChI=1S/C11H19N5O2/c1-3-8-15-9(13-4-2)7-10(16-8)14-5-6-18-11(12)17/h7H,3-6H2,1-2H3,(H2,12,17)(H2,13,14,15,16). The SMILES string of the molecule is CCNc1cc(NCCOC(N)=O)nc(CC)n1. The first-order valence-electron chi connectivity index (χ1n) is 5.93. The summed E-state index contributed by atoms with van der Waals surface area (Å²) in [5.74, 6) is 2.24. The summed E-state index contributed by atoms with van der Waals surface area (Å²) in [6.07, 6.45) is -0.0202. The largest absolute Gasteiger partial charge is 0.448 e. The van der Waals surface area contributed by atoms with E-state index in [1.165, 1.54) is 0 Å². The third-order valence-corrected chi connectivity index (χ3v) is 2.10. The topological polar surface area (TPSA) is 102 Å². The van der Waals surface area contributed by atoms with Crippen LogP contribution in [0.3, 0.4) is 0 Å². The van der Waals surface area contributed by atoms with Crippen LogP contribution in [0.5, 0.6) is 0 Å². The molecule has 0 atom stereocenters. The van der Waals surface area contributed by atoms with Crippen molar-refractivity contribution in [2.75, 3.05) is 30.3 Å². The van der Waals surface area contributed by atoms with E-state index in [4.69, 9.17) is 5.73 Å². The van der Waals surface area contributed by atoms with Crippen LogP contribution in [0.25, 0.3) is 0 Å². The van der Waals surface area contributed by atoms with Gasteiger partial charge in [0, 0.05) is 19.0 Å². The molecule has 1 aromatic rings. The van der Waals surface area contributed by atoms with E-state index in [2.05, 4.69) is 25.3 Å². The van der Waals surface area contributed by atoms with Crippen LogP contribution in [0.1, 0.15) is 19.7 Å². The van der Waals surface area contributed by atoms with Gasteiger partial charge in [-0.15, -0.1) is 0 Å². The highest BCUT2D eigenvalue weighted by atomic mass is 16.5. The van der Waals surface area contributed by atoms with Gasteiger partial charge < -0.3 is 21.1 Å². The Kier molecular flexibility index (Phi) is 5.69. The number of carbonyl (C=O) groups is 1. The maximum atomic E-state index is 10.4. The zero-order valence-corrected chi connectivity index (χ0v) is 10.7. The molecule has 0 aliphatic rings. The molecule has 7 nitrogen and oxygen atoms in total. The van der Waals surface area contributed by atoms with Crippen molar-refractivity contribution >= 4 is 17.7 Å². The molecule has 1 aromatic heterocycles. The molecule has 0 aliphatic heterocycles. The number of anilines is 2. The number of nitrogens with zero attached hydrogens (tertiary/aromatic N) is 2. The van der Waals surface area contributed by atoms with Crippen molar-refractivity contribution in [3.05, 3.63) is 11.9 Å². The number of rotatable bonds is 7. The first kappa shape index (κ1) is 14.0. The monoisotopic (exact) mass is 253 g/mol. The molecule has 0 saturated carbocycles. The van der Waals surface area contributed by atoms with Gasteiger partial charge in [-0.3, -0.25) is 0 Å². The van der Waals surface area contributed by atoms with E-state index in [0.29, 0.717) is 12.4 Å². The fourth-order valence-corrected chi connectivity index (χ4v) is 1.35. The van der Waals surface area contributed by atoms with E-state index in [0.717, 1.165) is 24.6 Å². The number of carbonyl (C=O) groups excluding carboxylic acids is 1. The lowest BCUT2D eigenvalue weighted by Crippen LogP contribution is -2.19. The molecule has 4 N–H and O–H groups in total. The molecule has 1 amide bonds. The molecule has 0 unspecified atom stereocenters. The van der Waals surface area contributed by atoms with Gasteiger partial charge in [-0.1, -0.05) is 6.92 Å². The van der Waals surface area contributed by atoms with Gasteiger partial charge >= 0.3 is 6.09 Å². The van der Waals surface area contributed by atoms with E-state index in [9.17, 15) is 4.79 Å². The average Bonchev–Trinajstić information content (AvgIpc) is 2.34. The van der Waals surface area contributed by atoms with Gasteiger partial charge in [0.1, 0.15) is 24.1 Å². The minimum atomic E-state index is -0.776. The molecule has 0 fully saturated rings. The fourth-order valence-electron chi connectivity index (χ4n) is 1.35. The van der Waals surface area contributed by atoms with E-state index in [1.54, 1.807) is 0 Å². The Balaban J connectivity index is 2.57. The molecular weight excluding hydrogens is 234 g/mol. The fraction of sp³-hybridized carbons (Fsp3) is 0.545. The Morgan fingerprint density at radius 2 is 2.00 bits per heavy atom. The zero-order chi connectivity index (χ0) is 13.4. The summed E-state index contributed by atoms with van der Waals surface area (Å²) in [7, 11) is 0. The van der Waals surface area contributed by atoms with Crippen molar-refractivity contribution < 1.29 is 9.53 Å². The number of nitrogens with one attached hydrogen (secondary N) is 2. The minimum absolute atomic E-state index is 0.206. The molecule has 0 spiro atoms. The first-order chi connectivity index (χ1) is 8.65. The molecule has 1 rings (SSSR count). The quantitative estimate of drug-likeness (QED) is 0.626. The summed E-state index contributed by atoms with van der Waals surface area (Å²) in [5.41, 5.74) is 4.86. The van der Waals surface area contributed by atoms with E-state index in [-0.39, 0.29) is 6.61 Å². The highest BCUT2D eigenvalue weighted by Gasteiger charge is 2.02. The molecule has 7 heteroatoms. The van der Waals surface area contributed by atoms with Crippen LogP contribution >= 0.6 is 0 Å². The van der Waals surface area contributed by atoms with Gasteiger partial charge in [0.05, 0.1) is 6.54 Å². The summed E-state index contributed by atoms with van der Waals surface area (Å²) in [6, 6.07) is 1.81. The molecule has 0 bridgehead atoms. The van der Waals surface area contributed by atoms with Crippen LogP contribution in [0.2, 0.25) is 0 Å². The first-order valence-corrected chi connectivity index (χ1v) is 5.93. The van der Waals surface area contributed by atoms with Gasteiger partial charge in [0.15, 0.2) is 0 Å². The Morgan fingerprint density at radius 3 is 2.56 bits per heavy atom. The lowest BCUT2D eigenvalue weighted by Gasteiger charge is -2.09. The molecule has 1 heterocycles. The molecule has 0 radical (unpaired) electrons. The second kappa shape index (κ2) is 7.31. The smallest absolute Gasteiger partial charge is 0.404 e. The molecule has 18 heavy (non-hydrogen) atoms. The third-order valence-electron chi connectivity index (χ3n) is 2.10. The van der Waals surface area contributed by atoms with Crippen LogP contribution < -0.4 is 16.4 Å². The van der Waals surface area contributed by atoms with E-state index in [1.807, 2.05) is 19.9 Å². The number of ether oxygens (including phenoxy) is 1. The number of amides is 1. The lowest BCUT2D eigenvalue weighted by molar-refractivity contribution is 0.161. The van der Waals surface area contributed by atoms with Gasteiger partial charge in [-0.05, 0) is 6.92 Å². The van der Waals surface area contributed by atoms with Crippen molar-refractivity contribution in [3.8, 4) is 0 Å². The summed E-state index contributed by atoms with van der Waals surface area (Å²) < 4.78 is 4.62. The van der Waals surface area contributed by atoms with Crippen molar-refractivity contribution in [2.24, 2.45) is 5.73 Å². The highest BCUT2D eigenvalue weighted by molar-refractivity contribution is 5.64. The molecule has 0 aromatic carbocycles. The van der Waals surface area contributed by atoms with E-state index >= 15 is 0 Å². The minimum Gasteiger partial charge on any atom is -0.448 e. The van der Waals surface area contributed by atoms with Crippen molar-refractivity contribution in [1.82, 2.24) is 9.97 Å². The lowest BCUT2D eigenvalue weighted by atomic mass is 10.4. The van der Waals surface area contributed by atoms with Crippen LogP contribution in [-0.2, 0) is 11.2 Å². The van der Waals surface area contributed by atoms with Gasteiger partial charge in [0.25, 0.3) is 0 Å². The van der Waals surface area contributed by atoms with Gasteiger partial charge in [-0.2, -0.15) is 0 Å². The predicted octanol–water partition coefficient (Wildman–Crippen LogP) is 0.978. The maximum absolute atomic E-state index is 10.4. The normalized spacial score (nSPS) is 9.89. The predicted molar refractivity (Wildman–Crippen MR) is 69.6 cm³/mol. The van der Waals surface area contributed by atoms with Crippen molar-refractivity contribution in [3.63, 3.8) is 0 Å². The number of nitrogens with two attached hydrogens (primary N) is 1. The highest BCUT2D eigenvalue weighted by Crippen LogP contribution is 2.11. The zero-order valence-electron chi connectivity index (χ0n) is 10.7. The summed E-state index contributed by atoms with van der Waals surface area (Å²) in [5, 5.41) is 6.18. The Bertz CT molecular complexity index is 397. The number of hydrogen-bond acceptors (Lipinski definition) is 6. The molecule has 100 valence electrons. The Hall–Kier alpha value is -2.05. The van der Waals surface area contributed by atoms with Crippen molar-refractivity contribution in [2.45, 2.75) is 20.3 Å².